The summed E-state index contributed by atoms with van der Waals surface area (Å²) < 4.78 is 0. The van der Waals surface area contributed by atoms with Gasteiger partial charge in [-0.2, -0.15) is 0 Å². The van der Waals surface area contributed by atoms with Crippen LogP contribution in [0.25, 0.3) is 0 Å². The molecule has 30 heavy (non-hydrogen) atoms. The number of nitrogens with zero attached hydrogens (tertiary/aromatic N) is 4. The maximum Gasteiger partial charge on any atom is 0.137 e. The Bertz CT molecular complexity index is 1020. The fraction of sp³-hybridized carbons (Fsp3) is 0.0769. The molecule has 0 saturated carbocycles. The van der Waals surface area contributed by atoms with E-state index in [2.05, 4.69) is 100 Å². The highest BCUT2D eigenvalue weighted by atomic mass is 15.8. The van der Waals surface area contributed by atoms with Crippen molar-refractivity contribution in [3.63, 3.8) is 0 Å². The van der Waals surface area contributed by atoms with Gasteiger partial charge in [0, 0.05) is 0 Å². The van der Waals surface area contributed by atoms with Gasteiger partial charge in [0.2, 0.25) is 0 Å². The maximum absolute atomic E-state index is 4.68. The molecule has 0 radical (unpaired) electrons. The third-order valence-corrected chi connectivity index (χ3v) is 5.54. The summed E-state index contributed by atoms with van der Waals surface area (Å²) in [4.78, 5) is 0. The number of hydrogen-bond acceptors (Lipinski definition) is 4. The Morgan fingerprint density at radius 3 is 1.33 bits per heavy atom. The van der Waals surface area contributed by atoms with Crippen LogP contribution in [0.4, 0.5) is 5.69 Å². The molecule has 0 spiro atoms. The molecule has 4 heteroatoms. The van der Waals surface area contributed by atoms with Crippen molar-refractivity contribution in [3.05, 3.63) is 138 Å². The summed E-state index contributed by atoms with van der Waals surface area (Å²) in [6, 6.07) is 41.8. The van der Waals surface area contributed by atoms with Gasteiger partial charge in [0.15, 0.2) is 0 Å². The lowest BCUT2D eigenvalue weighted by molar-refractivity contribution is 0.181. The monoisotopic (exact) mass is 390 g/mol. The lowest BCUT2D eigenvalue weighted by Crippen LogP contribution is -2.46. The first-order valence-corrected chi connectivity index (χ1v) is 10.1. The van der Waals surface area contributed by atoms with Crippen molar-refractivity contribution in [2.75, 3.05) is 11.7 Å². The molecule has 1 aliphatic heterocycles. The van der Waals surface area contributed by atoms with Crippen molar-refractivity contribution < 1.29 is 0 Å². The Labute approximate surface area is 176 Å². The second-order valence-corrected chi connectivity index (χ2v) is 7.26. The minimum Gasteiger partial charge on any atom is -0.236 e. The van der Waals surface area contributed by atoms with E-state index < -0.39 is 5.54 Å². The van der Waals surface area contributed by atoms with Crippen LogP contribution < -0.4 is 5.01 Å². The maximum atomic E-state index is 4.68. The minimum atomic E-state index is -0.600. The highest BCUT2D eigenvalue weighted by Crippen LogP contribution is 2.44. The lowest BCUT2D eigenvalue weighted by Gasteiger charge is -2.41. The topological polar surface area (TPSA) is 31.2 Å². The van der Waals surface area contributed by atoms with Gasteiger partial charge in [0.25, 0.3) is 0 Å². The Kier molecular flexibility index (Phi) is 4.74. The van der Waals surface area contributed by atoms with Crippen molar-refractivity contribution in [2.45, 2.75) is 5.54 Å². The van der Waals surface area contributed by atoms with Gasteiger partial charge >= 0.3 is 0 Å². The summed E-state index contributed by atoms with van der Waals surface area (Å²) >= 11 is 0. The van der Waals surface area contributed by atoms with Gasteiger partial charge < -0.3 is 0 Å². The first-order valence-electron chi connectivity index (χ1n) is 10.1. The summed E-state index contributed by atoms with van der Waals surface area (Å²) in [5.41, 5.74) is 3.87. The van der Waals surface area contributed by atoms with E-state index >= 15 is 0 Å². The molecule has 1 aliphatic rings. The molecule has 4 aromatic carbocycles. The van der Waals surface area contributed by atoms with Gasteiger partial charge in [-0.05, 0) is 39.3 Å². The molecule has 0 amide bonds. The smallest absolute Gasteiger partial charge is 0.137 e. The predicted molar refractivity (Wildman–Crippen MR) is 120 cm³/mol. The van der Waals surface area contributed by atoms with Gasteiger partial charge in [-0.25, -0.2) is 10.0 Å². The second-order valence-electron chi connectivity index (χ2n) is 7.26. The number of para-hydroxylation sites is 1. The van der Waals surface area contributed by atoms with Crippen LogP contribution in [0.15, 0.2) is 132 Å². The number of hydrogen-bond donors (Lipinski definition) is 0. The van der Waals surface area contributed by atoms with E-state index in [9.17, 15) is 0 Å². The molecule has 0 bridgehead atoms. The summed E-state index contributed by atoms with van der Waals surface area (Å²) in [5.74, 6) is 0. The lowest BCUT2D eigenvalue weighted by atomic mass is 9.76. The van der Waals surface area contributed by atoms with E-state index in [1.54, 1.807) is 0 Å². The van der Waals surface area contributed by atoms with Gasteiger partial charge in [0.05, 0.1) is 5.69 Å². The average Bonchev–Trinajstić information content (AvgIpc) is 3.33. The highest BCUT2D eigenvalue weighted by Gasteiger charge is 2.44. The minimum absolute atomic E-state index is 0.544. The van der Waals surface area contributed by atoms with E-state index in [0.29, 0.717) is 6.67 Å². The molecular formula is C26H22N4. The first-order chi connectivity index (χ1) is 14.9. The van der Waals surface area contributed by atoms with E-state index in [1.807, 2.05) is 41.4 Å². The largest absolute Gasteiger partial charge is 0.236 e. The third kappa shape index (κ3) is 3.03. The Hall–Kier alpha value is -3.92. The first kappa shape index (κ1) is 18.1. The van der Waals surface area contributed by atoms with Gasteiger partial charge in [-0.3, -0.25) is 0 Å². The molecule has 0 N–H and O–H groups in total. The van der Waals surface area contributed by atoms with E-state index in [1.165, 1.54) is 0 Å². The number of anilines is 1. The Morgan fingerprint density at radius 1 is 0.500 bits per heavy atom. The summed E-state index contributed by atoms with van der Waals surface area (Å²) in [6.07, 6.45) is 0. The number of rotatable bonds is 5. The Morgan fingerprint density at radius 2 is 0.900 bits per heavy atom. The van der Waals surface area contributed by atoms with Gasteiger partial charge in [-0.15, -0.1) is 0 Å². The molecule has 0 atom stereocenters. The van der Waals surface area contributed by atoms with Crippen molar-refractivity contribution >= 4 is 5.69 Å². The van der Waals surface area contributed by atoms with Crippen LogP contribution >= 0.6 is 0 Å². The molecule has 4 aromatic rings. The summed E-state index contributed by atoms with van der Waals surface area (Å²) in [7, 11) is 0. The van der Waals surface area contributed by atoms with Crippen molar-refractivity contribution in [3.8, 4) is 0 Å². The van der Waals surface area contributed by atoms with Crippen molar-refractivity contribution in [1.29, 1.82) is 0 Å². The van der Waals surface area contributed by atoms with Crippen LogP contribution in [0.2, 0.25) is 0 Å². The van der Waals surface area contributed by atoms with Crippen molar-refractivity contribution in [1.82, 2.24) is 5.01 Å². The molecule has 146 valence electrons. The van der Waals surface area contributed by atoms with Crippen LogP contribution in [0.3, 0.4) is 0 Å². The molecule has 4 nitrogen and oxygen atoms in total. The molecule has 0 aromatic heterocycles. The predicted octanol–water partition coefficient (Wildman–Crippen LogP) is 6.04. The van der Waals surface area contributed by atoms with E-state index in [4.69, 9.17) is 0 Å². The SMILES string of the molecule is c1ccc(N2CN(C(c3ccccc3)(c3ccccc3)c3ccccc3)N=N2)cc1. The molecule has 0 unspecified atom stereocenters. The fourth-order valence-corrected chi connectivity index (χ4v) is 4.17. The van der Waals surface area contributed by atoms with Gasteiger partial charge in [-0.1, -0.05) is 109 Å². The van der Waals surface area contributed by atoms with Crippen LogP contribution in [-0.2, 0) is 5.54 Å². The van der Waals surface area contributed by atoms with Gasteiger partial charge in [0.1, 0.15) is 12.2 Å². The molecule has 0 aliphatic carbocycles. The zero-order chi connectivity index (χ0) is 20.2. The quantitative estimate of drug-likeness (QED) is 0.389. The van der Waals surface area contributed by atoms with Crippen molar-refractivity contribution in [2.24, 2.45) is 10.4 Å². The molecule has 0 saturated heterocycles. The second kappa shape index (κ2) is 7.84. The molecule has 0 fully saturated rings. The fourth-order valence-electron chi connectivity index (χ4n) is 4.17. The zero-order valence-corrected chi connectivity index (χ0v) is 16.5. The van der Waals surface area contributed by atoms with Crippen LogP contribution in [0.1, 0.15) is 16.7 Å². The Balaban J connectivity index is 1.70. The van der Waals surface area contributed by atoms with Crippen LogP contribution in [0, 0.1) is 0 Å². The summed E-state index contributed by atoms with van der Waals surface area (Å²) in [6.45, 7) is 0.544. The standard InChI is InChI=1S/C26H22N4/c1-5-13-22(14-6-1)26(23-15-7-2-8-16-23,24-17-9-3-10-18-24)30-21-29(27-28-30)25-19-11-4-12-20-25/h1-20H,21H2. The third-order valence-electron chi connectivity index (χ3n) is 5.54. The number of benzene rings is 4. The van der Waals surface area contributed by atoms with Crippen LogP contribution in [-0.4, -0.2) is 11.7 Å². The van der Waals surface area contributed by atoms with Crippen LogP contribution in [0.5, 0.6) is 0 Å². The zero-order valence-electron chi connectivity index (χ0n) is 16.5. The average molecular weight is 390 g/mol. The molecule has 5 rings (SSSR count). The van der Waals surface area contributed by atoms with E-state index in [0.717, 1.165) is 22.4 Å². The molecular weight excluding hydrogens is 368 g/mol. The normalized spacial score (nSPS) is 13.6. The highest BCUT2D eigenvalue weighted by molar-refractivity contribution is 5.51. The van der Waals surface area contributed by atoms with E-state index in [-0.39, 0.29) is 0 Å². The molecule has 1 heterocycles. The summed E-state index contributed by atoms with van der Waals surface area (Å²) in [5, 5.41) is 13.2.